The molecule has 0 aliphatic carbocycles. The first-order valence-electron chi connectivity index (χ1n) is 10.4. The van der Waals surface area contributed by atoms with Gasteiger partial charge in [0.2, 0.25) is 0 Å². The number of rotatable bonds is 8. The number of halogens is 1. The van der Waals surface area contributed by atoms with Gasteiger partial charge in [0, 0.05) is 17.8 Å². The Morgan fingerprint density at radius 1 is 1.12 bits per heavy atom. The lowest BCUT2D eigenvalue weighted by Gasteiger charge is -2.09. The maximum Gasteiger partial charge on any atom is 0.311 e. The predicted molar refractivity (Wildman–Crippen MR) is 124 cm³/mol. The summed E-state index contributed by atoms with van der Waals surface area (Å²) in [4.78, 5) is 23.5. The number of carbonyl (C=O) groups is 1. The summed E-state index contributed by atoms with van der Waals surface area (Å²) in [5, 5.41) is 18.3. The lowest BCUT2D eigenvalue weighted by atomic mass is 10.1. The summed E-state index contributed by atoms with van der Waals surface area (Å²) in [6.07, 6.45) is 3.17. The number of benzene rings is 3. The Balaban J connectivity index is 1.40. The number of nitro benzene ring substituents is 1. The second-order valence-electron chi connectivity index (χ2n) is 7.73. The zero-order valence-corrected chi connectivity index (χ0v) is 18.3. The van der Waals surface area contributed by atoms with Crippen LogP contribution < -0.4 is 10.1 Å². The highest BCUT2D eigenvalue weighted by Gasteiger charge is 2.15. The minimum Gasteiger partial charge on any atom is -0.482 e. The Morgan fingerprint density at radius 3 is 2.71 bits per heavy atom. The van der Waals surface area contributed by atoms with Gasteiger partial charge in [0.05, 0.1) is 23.4 Å². The molecular formula is C25H21FN4O4. The molecule has 4 aromatic rings. The number of hydrogen-bond donors (Lipinski definition) is 1. The van der Waals surface area contributed by atoms with Gasteiger partial charge in [-0.15, -0.1) is 0 Å². The third-order valence-electron chi connectivity index (χ3n) is 5.02. The third-order valence-corrected chi connectivity index (χ3v) is 5.02. The van der Waals surface area contributed by atoms with Crippen LogP contribution in [0.15, 0.2) is 79.1 Å². The van der Waals surface area contributed by atoms with E-state index in [-0.39, 0.29) is 29.8 Å². The average Bonchev–Trinajstić information content (AvgIpc) is 3.24. The molecule has 0 aliphatic rings. The van der Waals surface area contributed by atoms with Gasteiger partial charge in [0.25, 0.3) is 5.91 Å². The van der Waals surface area contributed by atoms with Crippen molar-refractivity contribution in [3.63, 3.8) is 0 Å². The molecule has 34 heavy (non-hydrogen) atoms. The van der Waals surface area contributed by atoms with Crippen molar-refractivity contribution < 1.29 is 18.8 Å². The fourth-order valence-corrected chi connectivity index (χ4v) is 3.40. The van der Waals surface area contributed by atoms with Crippen LogP contribution in [-0.4, -0.2) is 20.6 Å². The van der Waals surface area contributed by atoms with Crippen molar-refractivity contribution in [1.29, 1.82) is 0 Å². The van der Waals surface area contributed by atoms with Gasteiger partial charge in [-0.1, -0.05) is 30.3 Å². The summed E-state index contributed by atoms with van der Waals surface area (Å²) in [6, 6.07) is 17.8. The highest BCUT2D eigenvalue weighted by atomic mass is 19.1. The molecule has 1 N–H and O–H groups in total. The minimum atomic E-state index is -0.485. The lowest BCUT2D eigenvalue weighted by Crippen LogP contribution is -2.12. The number of hydrogen-bond acceptors (Lipinski definition) is 5. The van der Waals surface area contributed by atoms with Crippen LogP contribution in [0.5, 0.6) is 5.75 Å². The second-order valence-corrected chi connectivity index (χ2v) is 7.73. The van der Waals surface area contributed by atoms with Crippen molar-refractivity contribution in [2.75, 3.05) is 5.32 Å². The first-order valence-corrected chi connectivity index (χ1v) is 10.4. The zero-order valence-electron chi connectivity index (χ0n) is 18.3. The molecule has 172 valence electrons. The van der Waals surface area contributed by atoms with Gasteiger partial charge >= 0.3 is 5.69 Å². The largest absolute Gasteiger partial charge is 0.482 e. The number of nitrogens with zero attached hydrogens (tertiary/aromatic N) is 3. The molecule has 4 rings (SSSR count). The Kier molecular flexibility index (Phi) is 6.63. The van der Waals surface area contributed by atoms with E-state index in [4.69, 9.17) is 4.74 Å². The van der Waals surface area contributed by atoms with Gasteiger partial charge in [0.1, 0.15) is 12.4 Å². The average molecular weight is 460 g/mol. The molecule has 0 radical (unpaired) electrons. The molecule has 1 aromatic heterocycles. The Morgan fingerprint density at radius 2 is 1.91 bits per heavy atom. The van der Waals surface area contributed by atoms with Gasteiger partial charge in [-0.25, -0.2) is 4.39 Å². The fraction of sp³-hybridized carbons (Fsp3) is 0.120. The van der Waals surface area contributed by atoms with Crippen molar-refractivity contribution in [3.8, 4) is 5.75 Å². The smallest absolute Gasteiger partial charge is 0.311 e. The number of aryl methyl sites for hydroxylation is 1. The van der Waals surface area contributed by atoms with Crippen LogP contribution in [0.2, 0.25) is 0 Å². The molecular weight excluding hydrogens is 439 g/mol. The fourth-order valence-electron chi connectivity index (χ4n) is 3.40. The number of nitrogens with one attached hydrogen (secondary N) is 1. The molecule has 0 atom stereocenters. The molecule has 0 spiro atoms. The molecule has 1 amide bonds. The van der Waals surface area contributed by atoms with Crippen molar-refractivity contribution >= 4 is 17.3 Å². The summed E-state index contributed by atoms with van der Waals surface area (Å²) in [6.45, 7) is 2.20. The summed E-state index contributed by atoms with van der Waals surface area (Å²) in [5.74, 6) is -0.497. The molecule has 0 aliphatic heterocycles. The van der Waals surface area contributed by atoms with E-state index < -0.39 is 4.92 Å². The summed E-state index contributed by atoms with van der Waals surface area (Å²) in [5.41, 5.74) is 2.99. The monoisotopic (exact) mass is 460 g/mol. The van der Waals surface area contributed by atoms with Crippen LogP contribution in [0.1, 0.15) is 27.0 Å². The number of carbonyl (C=O) groups excluding carboxylic acids is 1. The Hall–Kier alpha value is -4.53. The van der Waals surface area contributed by atoms with Crippen molar-refractivity contribution in [3.05, 3.63) is 117 Å². The molecule has 0 bridgehead atoms. The SMILES string of the molecule is Cc1ccc(OCc2cccc(C(=O)Nc3cnn(Cc4cccc(F)c4)c3)c2)c([N+](=O)[O-])c1. The predicted octanol–water partition coefficient (Wildman–Crippen LogP) is 5.12. The van der Waals surface area contributed by atoms with Gasteiger partial charge in [0.15, 0.2) is 5.75 Å². The third kappa shape index (κ3) is 5.63. The van der Waals surface area contributed by atoms with E-state index in [9.17, 15) is 19.3 Å². The van der Waals surface area contributed by atoms with Gasteiger partial charge in [-0.2, -0.15) is 5.10 Å². The normalized spacial score (nSPS) is 10.6. The minimum absolute atomic E-state index is 0.0661. The molecule has 3 aromatic carbocycles. The van der Waals surface area contributed by atoms with Crippen molar-refractivity contribution in [2.45, 2.75) is 20.1 Å². The Bertz CT molecular complexity index is 1350. The first-order chi connectivity index (χ1) is 16.4. The number of aromatic nitrogens is 2. The van der Waals surface area contributed by atoms with Crippen LogP contribution >= 0.6 is 0 Å². The van der Waals surface area contributed by atoms with Gasteiger partial charge in [-0.05, 0) is 53.9 Å². The standard InChI is InChI=1S/C25H21FN4O4/c1-17-8-9-24(23(10-17)30(32)33)34-16-19-5-2-6-20(11-19)25(31)28-22-13-27-29(15-22)14-18-4-3-7-21(26)12-18/h2-13,15H,14,16H2,1H3,(H,28,31). The highest BCUT2D eigenvalue weighted by Crippen LogP contribution is 2.28. The van der Waals surface area contributed by atoms with Crippen LogP contribution in [0.25, 0.3) is 0 Å². The molecule has 0 saturated heterocycles. The first kappa shape index (κ1) is 22.7. The molecule has 0 fully saturated rings. The van der Waals surface area contributed by atoms with Gasteiger partial charge in [-0.3, -0.25) is 19.6 Å². The second kappa shape index (κ2) is 9.95. The van der Waals surface area contributed by atoms with E-state index in [2.05, 4.69) is 10.4 Å². The molecule has 8 nitrogen and oxygen atoms in total. The molecule has 9 heteroatoms. The van der Waals surface area contributed by atoms with Crippen LogP contribution in [0, 0.1) is 22.9 Å². The highest BCUT2D eigenvalue weighted by molar-refractivity contribution is 6.04. The molecule has 0 unspecified atom stereocenters. The summed E-state index contributed by atoms with van der Waals surface area (Å²) < 4.78 is 20.6. The van der Waals surface area contributed by atoms with E-state index >= 15 is 0 Å². The van der Waals surface area contributed by atoms with E-state index in [0.717, 1.165) is 11.1 Å². The summed E-state index contributed by atoms with van der Waals surface area (Å²) in [7, 11) is 0. The number of nitro groups is 1. The van der Waals surface area contributed by atoms with E-state index in [0.29, 0.717) is 23.4 Å². The Labute approximate surface area is 194 Å². The van der Waals surface area contributed by atoms with Gasteiger partial charge < -0.3 is 10.1 Å². The van der Waals surface area contributed by atoms with Crippen LogP contribution in [-0.2, 0) is 13.2 Å². The number of ether oxygens (including phenoxy) is 1. The quantitative estimate of drug-likeness (QED) is 0.291. The van der Waals surface area contributed by atoms with E-state index in [1.165, 1.54) is 24.4 Å². The topological polar surface area (TPSA) is 99.3 Å². The van der Waals surface area contributed by atoms with Crippen molar-refractivity contribution in [2.24, 2.45) is 0 Å². The maximum absolute atomic E-state index is 13.4. The number of anilines is 1. The van der Waals surface area contributed by atoms with E-state index in [1.54, 1.807) is 66.3 Å². The molecule has 0 saturated carbocycles. The van der Waals surface area contributed by atoms with Crippen LogP contribution in [0.3, 0.4) is 0 Å². The lowest BCUT2D eigenvalue weighted by molar-refractivity contribution is -0.386. The van der Waals surface area contributed by atoms with Crippen molar-refractivity contribution in [1.82, 2.24) is 9.78 Å². The zero-order chi connectivity index (χ0) is 24.1. The summed E-state index contributed by atoms with van der Waals surface area (Å²) >= 11 is 0. The number of amides is 1. The van der Waals surface area contributed by atoms with E-state index in [1.807, 2.05) is 0 Å². The van der Waals surface area contributed by atoms with Crippen LogP contribution in [0.4, 0.5) is 15.8 Å². The maximum atomic E-state index is 13.4. The molecule has 1 heterocycles.